The van der Waals surface area contributed by atoms with Gasteiger partial charge >= 0.3 is 0 Å². The largest absolute Gasteiger partial charge is 0.508 e. The third-order valence-corrected chi connectivity index (χ3v) is 5.47. The Bertz CT molecular complexity index is 708. The van der Waals surface area contributed by atoms with Crippen LogP contribution in [0.2, 0.25) is 0 Å². The molecule has 2 aromatic rings. The molecule has 2 heterocycles. The standard InChI is InChI=1S/C20H23FN2O2/c21-19-11-22-7-5-20(19)25-18-9-15-12-23(13-16(15)10-18)8-6-14-1-3-17(24)4-2-14/h1-5,7,11,15-16,18,24H,6,8-10,12-13H2/t15-,16+,18?. The second kappa shape index (κ2) is 7.00. The van der Waals surface area contributed by atoms with Gasteiger partial charge in [-0.3, -0.25) is 4.98 Å². The molecule has 1 saturated carbocycles. The normalized spacial score (nSPS) is 25.9. The molecule has 1 N–H and O–H groups in total. The first-order valence-electron chi connectivity index (χ1n) is 8.94. The Morgan fingerprint density at radius 3 is 2.52 bits per heavy atom. The molecule has 0 bridgehead atoms. The number of aromatic hydroxyl groups is 1. The molecule has 2 fully saturated rings. The summed E-state index contributed by atoms with van der Waals surface area (Å²) in [6, 6.07) is 9.06. The van der Waals surface area contributed by atoms with Gasteiger partial charge in [0.05, 0.1) is 12.3 Å². The lowest BCUT2D eigenvalue weighted by molar-refractivity contribution is 0.178. The van der Waals surface area contributed by atoms with Crippen molar-refractivity contribution in [3.8, 4) is 11.5 Å². The fourth-order valence-electron chi connectivity index (χ4n) is 4.21. The summed E-state index contributed by atoms with van der Waals surface area (Å²) in [7, 11) is 0. The number of phenols is 1. The van der Waals surface area contributed by atoms with Crippen LogP contribution in [0.1, 0.15) is 18.4 Å². The molecule has 2 aliphatic rings. The van der Waals surface area contributed by atoms with Crippen molar-refractivity contribution >= 4 is 0 Å². The second-order valence-corrected chi connectivity index (χ2v) is 7.21. The molecule has 1 aromatic carbocycles. The summed E-state index contributed by atoms with van der Waals surface area (Å²) in [6.45, 7) is 3.24. The molecule has 5 heteroatoms. The van der Waals surface area contributed by atoms with Crippen LogP contribution in [0.5, 0.6) is 11.5 Å². The first-order chi connectivity index (χ1) is 12.2. The number of hydrogen-bond acceptors (Lipinski definition) is 4. The number of pyridine rings is 1. The minimum absolute atomic E-state index is 0.117. The summed E-state index contributed by atoms with van der Waals surface area (Å²) >= 11 is 0. The molecule has 3 atom stereocenters. The van der Waals surface area contributed by atoms with Crippen molar-refractivity contribution in [3.63, 3.8) is 0 Å². The van der Waals surface area contributed by atoms with Crippen LogP contribution < -0.4 is 4.74 Å². The smallest absolute Gasteiger partial charge is 0.183 e. The van der Waals surface area contributed by atoms with Crippen LogP contribution in [0, 0.1) is 17.7 Å². The summed E-state index contributed by atoms with van der Waals surface area (Å²) in [5.41, 5.74) is 1.25. The molecule has 1 saturated heterocycles. The van der Waals surface area contributed by atoms with Crippen LogP contribution in [0.3, 0.4) is 0 Å². The highest BCUT2D eigenvalue weighted by molar-refractivity contribution is 5.26. The van der Waals surface area contributed by atoms with Crippen LogP contribution in [-0.2, 0) is 6.42 Å². The molecule has 1 aliphatic carbocycles. The van der Waals surface area contributed by atoms with E-state index in [1.807, 2.05) is 12.1 Å². The number of ether oxygens (including phenoxy) is 1. The van der Waals surface area contributed by atoms with Crippen LogP contribution in [-0.4, -0.2) is 40.7 Å². The van der Waals surface area contributed by atoms with Crippen molar-refractivity contribution in [3.05, 3.63) is 54.1 Å². The number of aromatic nitrogens is 1. The molecule has 132 valence electrons. The van der Waals surface area contributed by atoms with Gasteiger partial charge in [-0.2, -0.15) is 0 Å². The zero-order valence-corrected chi connectivity index (χ0v) is 14.1. The van der Waals surface area contributed by atoms with E-state index in [2.05, 4.69) is 9.88 Å². The van der Waals surface area contributed by atoms with Crippen molar-refractivity contribution in [1.82, 2.24) is 9.88 Å². The Morgan fingerprint density at radius 1 is 1.12 bits per heavy atom. The van der Waals surface area contributed by atoms with Crippen LogP contribution in [0.15, 0.2) is 42.7 Å². The third-order valence-electron chi connectivity index (χ3n) is 5.47. The monoisotopic (exact) mass is 342 g/mol. The molecule has 25 heavy (non-hydrogen) atoms. The Kier molecular flexibility index (Phi) is 4.57. The van der Waals surface area contributed by atoms with Gasteiger partial charge in [0.1, 0.15) is 5.75 Å². The Balaban J connectivity index is 1.26. The summed E-state index contributed by atoms with van der Waals surface area (Å²) in [4.78, 5) is 6.28. The number of phenolic OH excluding ortho intramolecular Hbond substituents is 1. The predicted molar refractivity (Wildman–Crippen MR) is 93.1 cm³/mol. The zero-order chi connectivity index (χ0) is 17.2. The van der Waals surface area contributed by atoms with Crippen LogP contribution >= 0.6 is 0 Å². The fraction of sp³-hybridized carbons (Fsp3) is 0.450. The molecule has 0 amide bonds. The number of rotatable bonds is 5. The van der Waals surface area contributed by atoms with Crippen molar-refractivity contribution in [2.24, 2.45) is 11.8 Å². The van der Waals surface area contributed by atoms with Crippen LogP contribution in [0.4, 0.5) is 4.39 Å². The third kappa shape index (κ3) is 3.76. The molecule has 0 radical (unpaired) electrons. The van der Waals surface area contributed by atoms with E-state index in [0.717, 1.165) is 38.9 Å². The number of fused-ring (bicyclic) bond motifs is 1. The maximum Gasteiger partial charge on any atom is 0.183 e. The highest BCUT2D eigenvalue weighted by atomic mass is 19.1. The molecule has 4 nitrogen and oxygen atoms in total. The van der Waals surface area contributed by atoms with E-state index < -0.39 is 0 Å². The first-order valence-corrected chi connectivity index (χ1v) is 8.94. The molecule has 0 spiro atoms. The first kappa shape index (κ1) is 16.3. The van der Waals surface area contributed by atoms with E-state index in [9.17, 15) is 9.50 Å². The predicted octanol–water partition coefficient (Wildman–Crippen LogP) is 3.26. The molecule has 4 rings (SSSR count). The average Bonchev–Trinajstić information content (AvgIpc) is 3.14. The molecular weight excluding hydrogens is 319 g/mol. The molecule has 1 unspecified atom stereocenters. The van der Waals surface area contributed by atoms with Gasteiger partial charge in [-0.05, 0) is 48.8 Å². The number of nitrogens with zero attached hydrogens (tertiary/aromatic N) is 2. The Hall–Kier alpha value is -2.14. The number of halogens is 1. The number of likely N-dealkylation sites (tertiary alicyclic amines) is 1. The summed E-state index contributed by atoms with van der Waals surface area (Å²) in [5.74, 6) is 1.56. The average molecular weight is 342 g/mol. The number of benzene rings is 1. The van der Waals surface area contributed by atoms with Gasteiger partial charge in [0.2, 0.25) is 0 Å². The summed E-state index contributed by atoms with van der Waals surface area (Å²) in [5, 5.41) is 9.34. The highest BCUT2D eigenvalue weighted by Crippen LogP contribution is 2.40. The Morgan fingerprint density at radius 2 is 1.84 bits per heavy atom. The number of hydrogen-bond donors (Lipinski definition) is 1. The second-order valence-electron chi connectivity index (χ2n) is 7.21. The van der Waals surface area contributed by atoms with Gasteiger partial charge in [0, 0.05) is 31.9 Å². The van der Waals surface area contributed by atoms with Crippen LogP contribution in [0.25, 0.3) is 0 Å². The highest BCUT2D eigenvalue weighted by Gasteiger charge is 2.41. The van der Waals surface area contributed by atoms with Gasteiger partial charge in [-0.1, -0.05) is 12.1 Å². The van der Waals surface area contributed by atoms with E-state index in [0.29, 0.717) is 23.3 Å². The summed E-state index contributed by atoms with van der Waals surface area (Å²) < 4.78 is 19.5. The van der Waals surface area contributed by atoms with E-state index in [1.54, 1.807) is 24.4 Å². The topological polar surface area (TPSA) is 45.6 Å². The van der Waals surface area contributed by atoms with Gasteiger partial charge in [0.15, 0.2) is 11.6 Å². The maximum atomic E-state index is 13.7. The van der Waals surface area contributed by atoms with Crippen molar-refractivity contribution in [2.45, 2.75) is 25.4 Å². The maximum absolute atomic E-state index is 13.7. The van der Waals surface area contributed by atoms with Crippen molar-refractivity contribution < 1.29 is 14.2 Å². The van der Waals surface area contributed by atoms with Gasteiger partial charge in [-0.25, -0.2) is 4.39 Å². The van der Waals surface area contributed by atoms with Gasteiger partial charge in [-0.15, -0.1) is 0 Å². The Labute approximate surface area is 147 Å². The molecular formula is C20H23FN2O2. The van der Waals surface area contributed by atoms with E-state index >= 15 is 0 Å². The van der Waals surface area contributed by atoms with Gasteiger partial charge < -0.3 is 14.7 Å². The summed E-state index contributed by atoms with van der Waals surface area (Å²) in [6.07, 6.45) is 5.90. The van der Waals surface area contributed by atoms with Crippen molar-refractivity contribution in [2.75, 3.05) is 19.6 Å². The zero-order valence-electron chi connectivity index (χ0n) is 14.1. The minimum atomic E-state index is -0.380. The molecule has 1 aromatic heterocycles. The van der Waals surface area contributed by atoms with E-state index in [1.165, 1.54) is 11.8 Å². The van der Waals surface area contributed by atoms with E-state index in [4.69, 9.17) is 4.74 Å². The quantitative estimate of drug-likeness (QED) is 0.906. The van der Waals surface area contributed by atoms with E-state index in [-0.39, 0.29) is 11.9 Å². The van der Waals surface area contributed by atoms with Gasteiger partial charge in [0.25, 0.3) is 0 Å². The fourth-order valence-corrected chi connectivity index (χ4v) is 4.21. The SMILES string of the molecule is Oc1ccc(CCN2C[C@H]3CC(Oc4ccncc4F)C[C@H]3C2)cc1. The lowest BCUT2D eigenvalue weighted by Gasteiger charge is -2.20. The lowest BCUT2D eigenvalue weighted by Crippen LogP contribution is -2.26. The minimum Gasteiger partial charge on any atom is -0.508 e. The van der Waals surface area contributed by atoms with Crippen molar-refractivity contribution in [1.29, 1.82) is 0 Å². The lowest BCUT2D eigenvalue weighted by atomic mass is 10.0. The molecule has 1 aliphatic heterocycles.